The summed E-state index contributed by atoms with van der Waals surface area (Å²) in [5, 5.41) is 0. The fourth-order valence-electron chi connectivity index (χ4n) is 1.69. The van der Waals surface area contributed by atoms with Crippen LogP contribution in [0, 0.1) is 0 Å². The summed E-state index contributed by atoms with van der Waals surface area (Å²) in [5.41, 5.74) is 2.47. The molecule has 0 aliphatic rings. The zero-order valence-corrected chi connectivity index (χ0v) is 13.5. The average molecular weight is 376 g/mol. The molecule has 20 heavy (non-hydrogen) atoms. The minimum absolute atomic E-state index is 0.972. The van der Waals surface area contributed by atoms with Crippen molar-refractivity contribution in [1.82, 2.24) is 0 Å². The molecule has 0 aliphatic heterocycles. The second-order valence-electron chi connectivity index (χ2n) is 4.21. The van der Waals surface area contributed by atoms with Gasteiger partial charge >= 0.3 is 131 Å². The second-order valence-corrected chi connectivity index (χ2v) is 9.09. The quantitative estimate of drug-likeness (QED) is 0.541. The first-order chi connectivity index (χ1) is 9.84. The van der Waals surface area contributed by atoms with E-state index in [-0.39, 0.29) is 0 Å². The van der Waals surface area contributed by atoms with Gasteiger partial charge in [0.1, 0.15) is 0 Å². The molecule has 0 spiro atoms. The van der Waals surface area contributed by atoms with Gasteiger partial charge in [0.2, 0.25) is 0 Å². The molecule has 0 unspecified atom stereocenters. The van der Waals surface area contributed by atoms with Gasteiger partial charge in [-0.25, -0.2) is 0 Å². The van der Waals surface area contributed by atoms with Gasteiger partial charge in [0, 0.05) is 0 Å². The summed E-state index contributed by atoms with van der Waals surface area (Å²) in [6.07, 6.45) is 8.69. The van der Waals surface area contributed by atoms with Crippen LogP contribution in [0.5, 0.6) is 0 Å². The monoisotopic (exact) mass is 375 g/mol. The van der Waals surface area contributed by atoms with Crippen LogP contribution in [0.1, 0.15) is 11.1 Å². The first-order valence-corrected chi connectivity index (χ1v) is 10.6. The fraction of sp³-hybridized carbons (Fsp3) is 0.111. The van der Waals surface area contributed by atoms with Crippen molar-refractivity contribution >= 4 is 21.7 Å². The zero-order valence-electron chi connectivity index (χ0n) is 11.2. The van der Waals surface area contributed by atoms with Crippen molar-refractivity contribution < 1.29 is 15.7 Å². The summed E-state index contributed by atoms with van der Waals surface area (Å²) in [5.74, 6) is 0. The van der Waals surface area contributed by atoms with Crippen molar-refractivity contribution in [2.75, 3.05) is 0 Å². The molecule has 2 aromatic carbocycles. The third kappa shape index (κ3) is 5.89. The molecule has 0 N–H and O–H groups in total. The molecule has 0 saturated carbocycles. The van der Waals surface area contributed by atoms with Gasteiger partial charge in [-0.2, -0.15) is 0 Å². The van der Waals surface area contributed by atoms with E-state index in [0.717, 1.165) is 9.79 Å². The minimum atomic E-state index is -0.972. The van der Waals surface area contributed by atoms with Crippen LogP contribution in [0.3, 0.4) is 0 Å². The van der Waals surface area contributed by atoms with Crippen molar-refractivity contribution in [2.24, 2.45) is 0 Å². The third-order valence-corrected chi connectivity index (χ3v) is 5.91. The fourth-order valence-corrected chi connectivity index (χ4v) is 3.78. The number of allylic oxidation sites excluding steroid dienone is 2. The van der Waals surface area contributed by atoms with Gasteiger partial charge in [-0.1, -0.05) is 0 Å². The summed E-state index contributed by atoms with van der Waals surface area (Å²) in [7, 11) is 6.43. The molecule has 0 amide bonds. The Kier molecular flexibility index (Phi) is 6.81. The van der Waals surface area contributed by atoms with Gasteiger partial charge in [-0.15, -0.1) is 0 Å². The van der Waals surface area contributed by atoms with Crippen molar-refractivity contribution in [3.63, 3.8) is 0 Å². The number of halogens is 1. The first kappa shape index (κ1) is 15.3. The van der Waals surface area contributed by atoms with Crippen molar-refractivity contribution in [3.05, 3.63) is 83.9 Å². The Morgan fingerprint density at radius 3 is 1.50 bits per heavy atom. The molecule has 2 rings (SSSR count). The van der Waals surface area contributed by atoms with Gasteiger partial charge in [0.15, 0.2) is 0 Å². The molecule has 0 aliphatic carbocycles. The Morgan fingerprint density at radius 1 is 0.700 bits per heavy atom. The molecular formula is C18H18ClPd. The van der Waals surface area contributed by atoms with Gasteiger partial charge in [-0.05, 0) is 0 Å². The topological polar surface area (TPSA) is 0 Å². The average Bonchev–Trinajstić information content (AvgIpc) is 2.49. The Labute approximate surface area is 131 Å². The molecule has 0 nitrogen and oxygen atoms in total. The number of hydrogen-bond donors (Lipinski definition) is 0. The van der Waals surface area contributed by atoms with Crippen LogP contribution in [0.25, 0.3) is 12.2 Å². The van der Waals surface area contributed by atoms with Crippen molar-refractivity contribution in [2.45, 2.75) is 9.79 Å². The Hall–Kier alpha value is -1.13. The van der Waals surface area contributed by atoms with E-state index in [1.54, 1.807) is 0 Å². The van der Waals surface area contributed by atoms with E-state index >= 15 is 0 Å². The van der Waals surface area contributed by atoms with E-state index in [1.165, 1.54) is 11.1 Å². The standard InChI is InChI=1S/2C9H9.ClH.Pd/c2*1-2-6-9-7-4-3-5-8-9;;/h2*2-8H,1H2;1H;/q;;;+1/p-1/b2*6-2+;;. The van der Waals surface area contributed by atoms with Gasteiger partial charge in [0.05, 0.1) is 0 Å². The number of rotatable bonds is 6. The third-order valence-electron chi connectivity index (χ3n) is 2.65. The number of hydrogen-bond acceptors (Lipinski definition) is 0. The molecule has 2 heteroatoms. The molecule has 107 valence electrons. The molecule has 0 radical (unpaired) electrons. The summed E-state index contributed by atoms with van der Waals surface area (Å²) in [4.78, 5) is 2.00. The van der Waals surface area contributed by atoms with Crippen molar-refractivity contribution in [1.29, 1.82) is 0 Å². The summed E-state index contributed by atoms with van der Waals surface area (Å²) in [6.45, 7) is 0. The number of benzene rings is 2. The second kappa shape index (κ2) is 8.93. The molecule has 0 atom stereocenters. The zero-order chi connectivity index (χ0) is 14.0. The van der Waals surface area contributed by atoms with Gasteiger partial charge in [0.25, 0.3) is 0 Å². The van der Waals surface area contributed by atoms with E-state index in [4.69, 9.17) is 9.53 Å². The predicted octanol–water partition coefficient (Wildman–Crippen LogP) is 6.02. The SMILES string of the molecule is [Cl][Pd]([CH2]/C=C/c1ccccc1)[CH2]/C=C/c1ccccc1. The predicted molar refractivity (Wildman–Crippen MR) is 86.4 cm³/mol. The maximum absolute atomic E-state index is 6.43. The van der Waals surface area contributed by atoms with Crippen LogP contribution in [-0.2, 0) is 15.7 Å². The normalized spacial score (nSPS) is 12.2. The Balaban J connectivity index is 1.74. The van der Waals surface area contributed by atoms with Crippen molar-refractivity contribution in [3.8, 4) is 0 Å². The van der Waals surface area contributed by atoms with E-state index in [2.05, 4.69) is 72.8 Å². The van der Waals surface area contributed by atoms with Crippen LogP contribution < -0.4 is 0 Å². The summed E-state index contributed by atoms with van der Waals surface area (Å²) >= 11 is -0.972. The molecule has 0 heterocycles. The van der Waals surface area contributed by atoms with E-state index in [1.807, 2.05) is 12.1 Å². The molecule has 2 aromatic rings. The Morgan fingerprint density at radius 2 is 1.10 bits per heavy atom. The maximum atomic E-state index is 6.43. The van der Waals surface area contributed by atoms with Crippen LogP contribution in [-0.4, -0.2) is 0 Å². The summed E-state index contributed by atoms with van der Waals surface area (Å²) < 4.78 is 0. The van der Waals surface area contributed by atoms with Crippen LogP contribution >= 0.6 is 9.53 Å². The van der Waals surface area contributed by atoms with Gasteiger partial charge in [-0.3, -0.25) is 0 Å². The van der Waals surface area contributed by atoms with Crippen LogP contribution in [0.2, 0.25) is 9.79 Å². The van der Waals surface area contributed by atoms with Crippen LogP contribution in [0.15, 0.2) is 72.8 Å². The van der Waals surface area contributed by atoms with Gasteiger partial charge < -0.3 is 0 Å². The molecule has 0 aromatic heterocycles. The molecule has 0 saturated heterocycles. The molecule has 0 bridgehead atoms. The first-order valence-electron chi connectivity index (χ1n) is 6.45. The Bertz CT molecular complexity index is 495. The van der Waals surface area contributed by atoms with E-state index < -0.39 is 15.7 Å². The van der Waals surface area contributed by atoms with E-state index in [0.29, 0.717) is 0 Å². The summed E-state index contributed by atoms with van der Waals surface area (Å²) in [6, 6.07) is 20.7. The molecular weight excluding hydrogens is 358 g/mol. The van der Waals surface area contributed by atoms with Crippen LogP contribution in [0.4, 0.5) is 0 Å². The van der Waals surface area contributed by atoms with E-state index in [9.17, 15) is 0 Å². The molecule has 0 fully saturated rings.